The Morgan fingerprint density at radius 1 is 1.37 bits per heavy atom. The maximum atomic E-state index is 10.6. The zero-order valence-corrected chi connectivity index (χ0v) is 11.6. The largest absolute Gasteiger partial charge is 0.481 e. The molecule has 1 unspecified atom stereocenters. The number of carbonyl (C=O) groups is 1. The van der Waals surface area contributed by atoms with Gasteiger partial charge in [0.05, 0.1) is 6.42 Å². The molecule has 1 aromatic rings. The predicted octanol–water partition coefficient (Wildman–Crippen LogP) is 2.81. The van der Waals surface area contributed by atoms with E-state index >= 15 is 0 Å². The highest BCUT2D eigenvalue weighted by Crippen LogP contribution is 2.34. The van der Waals surface area contributed by atoms with Gasteiger partial charge in [-0.05, 0) is 36.8 Å². The van der Waals surface area contributed by atoms with E-state index in [4.69, 9.17) is 5.11 Å². The summed E-state index contributed by atoms with van der Waals surface area (Å²) in [6, 6.07) is 10.6. The average Bonchev–Trinajstić information content (AvgIpc) is 2.78. The Morgan fingerprint density at radius 3 is 2.79 bits per heavy atom. The van der Waals surface area contributed by atoms with Crippen LogP contribution in [0.25, 0.3) is 0 Å². The van der Waals surface area contributed by atoms with E-state index in [9.17, 15) is 4.79 Å². The zero-order chi connectivity index (χ0) is 13.7. The second-order valence-electron chi connectivity index (χ2n) is 5.97. The molecule has 1 aliphatic rings. The first-order chi connectivity index (χ1) is 9.07. The third-order valence-corrected chi connectivity index (χ3v) is 4.14. The Hall–Kier alpha value is -1.35. The number of nitrogens with zero attached hydrogens (tertiary/aromatic N) is 1. The fourth-order valence-corrected chi connectivity index (χ4v) is 2.87. The van der Waals surface area contributed by atoms with Crippen molar-refractivity contribution in [3.8, 4) is 0 Å². The van der Waals surface area contributed by atoms with Gasteiger partial charge in [0.15, 0.2) is 0 Å². The summed E-state index contributed by atoms with van der Waals surface area (Å²) >= 11 is 0. The fourth-order valence-electron chi connectivity index (χ4n) is 2.87. The summed E-state index contributed by atoms with van der Waals surface area (Å²) in [7, 11) is 0. The van der Waals surface area contributed by atoms with Crippen LogP contribution in [0.15, 0.2) is 30.3 Å². The van der Waals surface area contributed by atoms with Gasteiger partial charge in [-0.3, -0.25) is 4.79 Å². The predicted molar refractivity (Wildman–Crippen MR) is 76.2 cm³/mol. The highest BCUT2D eigenvalue weighted by Gasteiger charge is 2.33. The van der Waals surface area contributed by atoms with Crippen LogP contribution in [0.1, 0.15) is 31.7 Å². The summed E-state index contributed by atoms with van der Waals surface area (Å²) in [4.78, 5) is 12.9. The lowest BCUT2D eigenvalue weighted by molar-refractivity contribution is -0.137. The van der Waals surface area contributed by atoms with Gasteiger partial charge in [0.25, 0.3) is 0 Å². The summed E-state index contributed by atoms with van der Waals surface area (Å²) in [6.07, 6.45) is 3.74. The van der Waals surface area contributed by atoms with E-state index in [1.165, 1.54) is 18.4 Å². The van der Waals surface area contributed by atoms with E-state index in [1.54, 1.807) is 0 Å². The minimum absolute atomic E-state index is 0.259. The molecule has 0 radical (unpaired) electrons. The molecule has 0 saturated carbocycles. The van der Waals surface area contributed by atoms with Crippen LogP contribution in [0.3, 0.4) is 0 Å². The molecule has 1 atom stereocenters. The van der Waals surface area contributed by atoms with E-state index in [2.05, 4.69) is 42.2 Å². The van der Waals surface area contributed by atoms with Crippen LogP contribution in [0.4, 0.5) is 0 Å². The topological polar surface area (TPSA) is 40.5 Å². The number of carboxylic acid groups (broad SMARTS) is 1. The molecular weight excluding hydrogens is 238 g/mol. The Bertz CT molecular complexity index is 418. The van der Waals surface area contributed by atoms with E-state index < -0.39 is 5.97 Å². The normalized spacial score (nSPS) is 23.6. The first kappa shape index (κ1) is 14.1. The molecule has 19 heavy (non-hydrogen) atoms. The lowest BCUT2D eigenvalue weighted by atomic mass is 9.83. The highest BCUT2D eigenvalue weighted by atomic mass is 16.4. The van der Waals surface area contributed by atoms with Crippen molar-refractivity contribution >= 4 is 5.97 Å². The summed E-state index contributed by atoms with van der Waals surface area (Å²) in [5.74, 6) is -0.696. The lowest BCUT2D eigenvalue weighted by Crippen LogP contribution is -2.27. The molecule has 0 aromatic heterocycles. The van der Waals surface area contributed by atoms with Crippen molar-refractivity contribution in [2.24, 2.45) is 5.41 Å². The monoisotopic (exact) mass is 261 g/mol. The standard InChI is InChI=1S/C16H23NO2/c1-16(9-7-14-5-3-2-4-6-14)10-12-17(13-16)11-8-15(18)19/h2-6H,7-13H2,1H3,(H,18,19). The molecule has 0 spiro atoms. The van der Waals surface area contributed by atoms with Crippen molar-refractivity contribution in [2.75, 3.05) is 19.6 Å². The molecule has 104 valence electrons. The summed E-state index contributed by atoms with van der Waals surface area (Å²) in [6.45, 7) is 5.10. The summed E-state index contributed by atoms with van der Waals surface area (Å²) < 4.78 is 0. The first-order valence-electron chi connectivity index (χ1n) is 7.05. The van der Waals surface area contributed by atoms with Gasteiger partial charge in [0.1, 0.15) is 0 Å². The van der Waals surface area contributed by atoms with Crippen molar-refractivity contribution in [2.45, 2.75) is 32.6 Å². The molecule has 1 N–H and O–H groups in total. The van der Waals surface area contributed by atoms with Crippen molar-refractivity contribution in [1.82, 2.24) is 4.90 Å². The minimum Gasteiger partial charge on any atom is -0.481 e. The van der Waals surface area contributed by atoms with Gasteiger partial charge in [0, 0.05) is 13.1 Å². The molecule has 1 heterocycles. The SMILES string of the molecule is CC1(CCc2ccccc2)CCN(CCC(=O)O)C1. The molecule has 0 amide bonds. The Kier molecular flexibility index (Phi) is 4.59. The molecule has 1 aliphatic heterocycles. The van der Waals surface area contributed by atoms with E-state index in [0.29, 0.717) is 12.0 Å². The second-order valence-corrected chi connectivity index (χ2v) is 5.97. The third kappa shape index (κ3) is 4.35. The number of hydrogen-bond donors (Lipinski definition) is 1. The minimum atomic E-state index is -0.696. The first-order valence-corrected chi connectivity index (χ1v) is 7.05. The second kappa shape index (κ2) is 6.20. The van der Waals surface area contributed by atoms with Crippen LogP contribution in [0.5, 0.6) is 0 Å². The van der Waals surface area contributed by atoms with Gasteiger partial charge in [-0.1, -0.05) is 37.3 Å². The number of hydrogen-bond acceptors (Lipinski definition) is 2. The lowest BCUT2D eigenvalue weighted by Gasteiger charge is -2.24. The van der Waals surface area contributed by atoms with Crippen molar-refractivity contribution in [3.05, 3.63) is 35.9 Å². The summed E-state index contributed by atoms with van der Waals surface area (Å²) in [5.41, 5.74) is 1.74. The van der Waals surface area contributed by atoms with Crippen LogP contribution in [0, 0.1) is 5.41 Å². The Labute approximate surface area is 115 Å². The molecule has 0 bridgehead atoms. The summed E-state index contributed by atoms with van der Waals surface area (Å²) in [5, 5.41) is 8.73. The van der Waals surface area contributed by atoms with Crippen LogP contribution >= 0.6 is 0 Å². The third-order valence-electron chi connectivity index (χ3n) is 4.14. The number of benzene rings is 1. The molecule has 0 aliphatic carbocycles. The van der Waals surface area contributed by atoms with E-state index in [-0.39, 0.29) is 6.42 Å². The molecule has 3 heteroatoms. The molecule has 1 fully saturated rings. The highest BCUT2D eigenvalue weighted by molar-refractivity contribution is 5.66. The number of carboxylic acids is 1. The van der Waals surface area contributed by atoms with Crippen LogP contribution in [0.2, 0.25) is 0 Å². The van der Waals surface area contributed by atoms with Gasteiger partial charge < -0.3 is 10.0 Å². The zero-order valence-electron chi connectivity index (χ0n) is 11.6. The van der Waals surface area contributed by atoms with Crippen LogP contribution in [-0.4, -0.2) is 35.6 Å². The quantitative estimate of drug-likeness (QED) is 0.856. The van der Waals surface area contributed by atoms with Gasteiger partial charge >= 0.3 is 5.97 Å². The number of rotatable bonds is 6. The molecular formula is C16H23NO2. The van der Waals surface area contributed by atoms with Crippen LogP contribution in [-0.2, 0) is 11.2 Å². The number of aliphatic carboxylic acids is 1. The molecule has 2 rings (SSSR count). The van der Waals surface area contributed by atoms with Crippen molar-refractivity contribution in [3.63, 3.8) is 0 Å². The Balaban J connectivity index is 1.79. The fraction of sp³-hybridized carbons (Fsp3) is 0.562. The van der Waals surface area contributed by atoms with Crippen LogP contribution < -0.4 is 0 Å². The smallest absolute Gasteiger partial charge is 0.304 e. The van der Waals surface area contributed by atoms with E-state index in [1.807, 2.05) is 0 Å². The van der Waals surface area contributed by atoms with Gasteiger partial charge in [-0.15, -0.1) is 0 Å². The Morgan fingerprint density at radius 2 is 2.11 bits per heavy atom. The maximum absolute atomic E-state index is 10.6. The molecule has 3 nitrogen and oxygen atoms in total. The van der Waals surface area contributed by atoms with E-state index in [0.717, 1.165) is 19.5 Å². The van der Waals surface area contributed by atoms with Gasteiger partial charge in [-0.25, -0.2) is 0 Å². The average molecular weight is 261 g/mol. The van der Waals surface area contributed by atoms with Crippen molar-refractivity contribution in [1.29, 1.82) is 0 Å². The maximum Gasteiger partial charge on any atom is 0.304 e. The molecule has 1 aromatic carbocycles. The van der Waals surface area contributed by atoms with Gasteiger partial charge in [0.2, 0.25) is 0 Å². The number of aryl methyl sites for hydroxylation is 1. The molecule has 1 saturated heterocycles. The van der Waals surface area contributed by atoms with Gasteiger partial charge in [-0.2, -0.15) is 0 Å². The van der Waals surface area contributed by atoms with Crippen molar-refractivity contribution < 1.29 is 9.90 Å². The number of likely N-dealkylation sites (tertiary alicyclic amines) is 1.